The van der Waals surface area contributed by atoms with E-state index in [-0.39, 0.29) is 25.1 Å². The summed E-state index contributed by atoms with van der Waals surface area (Å²) in [7, 11) is 0. The second-order valence-electron chi connectivity index (χ2n) is 4.96. The Hall–Kier alpha value is -1.87. The molecular weight excluding hydrogens is 268 g/mol. The smallest absolute Gasteiger partial charge is 0.255 e. The molecule has 21 heavy (non-hydrogen) atoms. The lowest BCUT2D eigenvalue weighted by atomic mass is 10.0. The Labute approximate surface area is 124 Å². The van der Waals surface area contributed by atoms with E-state index in [0.29, 0.717) is 30.9 Å². The summed E-state index contributed by atoms with van der Waals surface area (Å²) in [5.74, 6) is 5.61. The molecule has 3 N–H and O–H groups in total. The number of hydrogen-bond acceptors (Lipinski definition) is 4. The van der Waals surface area contributed by atoms with Gasteiger partial charge in [-0.2, -0.15) is 0 Å². The maximum atomic E-state index is 12.7. The van der Waals surface area contributed by atoms with Gasteiger partial charge >= 0.3 is 0 Å². The second kappa shape index (κ2) is 7.23. The van der Waals surface area contributed by atoms with Crippen LogP contribution in [0.3, 0.4) is 0 Å². The first kappa shape index (κ1) is 15.5. The van der Waals surface area contributed by atoms with Gasteiger partial charge in [0.15, 0.2) is 0 Å². The predicted molar refractivity (Wildman–Crippen MR) is 79.8 cm³/mol. The number of amides is 1. The number of aliphatic hydroxyl groups is 1. The third-order valence-corrected chi connectivity index (χ3v) is 3.43. The number of morpholine rings is 1. The number of nitrogens with zero attached hydrogens (tertiary/aromatic N) is 1. The van der Waals surface area contributed by atoms with Crippen molar-refractivity contribution < 1.29 is 14.6 Å². The Morgan fingerprint density at radius 3 is 3.10 bits per heavy atom. The zero-order valence-electron chi connectivity index (χ0n) is 12.1. The van der Waals surface area contributed by atoms with Gasteiger partial charge in [0.05, 0.1) is 38.0 Å². The summed E-state index contributed by atoms with van der Waals surface area (Å²) in [6.07, 6.45) is 0. The number of hydrogen-bond donors (Lipinski definition) is 2. The summed E-state index contributed by atoms with van der Waals surface area (Å²) < 4.78 is 5.31. The van der Waals surface area contributed by atoms with Crippen LogP contribution in [0.25, 0.3) is 0 Å². The van der Waals surface area contributed by atoms with E-state index in [4.69, 9.17) is 10.5 Å². The molecule has 0 spiro atoms. The van der Waals surface area contributed by atoms with Crippen LogP contribution in [0.5, 0.6) is 0 Å². The summed E-state index contributed by atoms with van der Waals surface area (Å²) >= 11 is 0. The van der Waals surface area contributed by atoms with E-state index < -0.39 is 0 Å². The number of ether oxygens (including phenoxy) is 1. The van der Waals surface area contributed by atoms with Gasteiger partial charge in [0.2, 0.25) is 0 Å². The van der Waals surface area contributed by atoms with Crippen molar-refractivity contribution in [3.05, 3.63) is 34.9 Å². The number of carbonyl (C=O) groups excluding carboxylic acids is 1. The van der Waals surface area contributed by atoms with Gasteiger partial charge in [0.25, 0.3) is 5.91 Å². The number of benzene rings is 1. The average Bonchev–Trinajstić information content (AvgIpc) is 2.52. The first-order valence-electron chi connectivity index (χ1n) is 6.96. The highest BCUT2D eigenvalue weighted by molar-refractivity contribution is 5.97. The molecule has 112 valence electrons. The van der Waals surface area contributed by atoms with Gasteiger partial charge in [0.1, 0.15) is 0 Å². The molecule has 0 radical (unpaired) electrons. The monoisotopic (exact) mass is 288 g/mol. The third kappa shape index (κ3) is 3.61. The van der Waals surface area contributed by atoms with Crippen LogP contribution in [0.1, 0.15) is 21.5 Å². The summed E-state index contributed by atoms with van der Waals surface area (Å²) in [6, 6.07) is 5.24. The van der Waals surface area contributed by atoms with E-state index in [1.807, 2.05) is 19.1 Å². The molecule has 0 saturated carbocycles. The number of aliphatic hydroxyl groups excluding tert-OH is 1. The summed E-state index contributed by atoms with van der Waals surface area (Å²) in [6.45, 7) is 3.41. The third-order valence-electron chi connectivity index (χ3n) is 3.43. The molecule has 1 heterocycles. The predicted octanol–water partition coefficient (Wildman–Crippen LogP) is 0.139. The molecular formula is C16H20N2O3. The molecule has 1 aromatic rings. The molecule has 1 saturated heterocycles. The first-order valence-corrected chi connectivity index (χ1v) is 6.96. The fourth-order valence-electron chi connectivity index (χ4n) is 2.32. The minimum Gasteiger partial charge on any atom is -0.394 e. The van der Waals surface area contributed by atoms with Crippen molar-refractivity contribution in [1.29, 1.82) is 0 Å². The highest BCUT2D eigenvalue weighted by Crippen LogP contribution is 2.17. The van der Waals surface area contributed by atoms with Crippen molar-refractivity contribution in [2.45, 2.75) is 13.0 Å². The normalized spacial score (nSPS) is 18.0. The Kier molecular flexibility index (Phi) is 5.34. The van der Waals surface area contributed by atoms with Crippen LogP contribution in [-0.4, -0.2) is 54.9 Å². The molecule has 1 atom stereocenters. The minimum atomic E-state index is -0.303. The molecule has 0 aromatic heterocycles. The van der Waals surface area contributed by atoms with Crippen molar-refractivity contribution in [2.24, 2.45) is 5.73 Å². The lowest BCUT2D eigenvalue weighted by Crippen LogP contribution is -2.50. The van der Waals surface area contributed by atoms with Crippen molar-refractivity contribution in [3.8, 4) is 11.8 Å². The standard InChI is InChI=1S/C16H20N2O3/c1-12-4-5-15(13(9-12)3-2-6-17)16(20)18-7-8-21-11-14(18)10-19/h4-5,9,14,19H,6-8,10-11,17H2,1H3. The van der Waals surface area contributed by atoms with E-state index in [0.717, 1.165) is 5.56 Å². The van der Waals surface area contributed by atoms with Crippen molar-refractivity contribution in [3.63, 3.8) is 0 Å². The summed E-state index contributed by atoms with van der Waals surface area (Å²) in [4.78, 5) is 14.4. The summed E-state index contributed by atoms with van der Waals surface area (Å²) in [5.41, 5.74) is 7.66. The van der Waals surface area contributed by atoms with E-state index in [1.54, 1.807) is 11.0 Å². The molecule has 1 aromatic carbocycles. The second-order valence-corrected chi connectivity index (χ2v) is 4.96. The van der Waals surface area contributed by atoms with Crippen LogP contribution in [0.2, 0.25) is 0 Å². The SMILES string of the molecule is Cc1ccc(C(=O)N2CCOCC2CO)c(C#CCN)c1. The lowest BCUT2D eigenvalue weighted by Gasteiger charge is -2.34. The maximum absolute atomic E-state index is 12.7. The Morgan fingerprint density at radius 2 is 2.38 bits per heavy atom. The Balaban J connectivity index is 2.33. The van der Waals surface area contributed by atoms with Gasteiger partial charge in [-0.1, -0.05) is 17.9 Å². The van der Waals surface area contributed by atoms with Gasteiger partial charge < -0.3 is 20.5 Å². The highest BCUT2D eigenvalue weighted by Gasteiger charge is 2.28. The molecule has 5 heteroatoms. The molecule has 1 aliphatic rings. The van der Waals surface area contributed by atoms with Crippen molar-refractivity contribution in [2.75, 3.05) is 32.9 Å². The van der Waals surface area contributed by atoms with Crippen molar-refractivity contribution in [1.82, 2.24) is 4.90 Å². The Morgan fingerprint density at radius 1 is 1.57 bits per heavy atom. The maximum Gasteiger partial charge on any atom is 0.255 e. The minimum absolute atomic E-state index is 0.110. The highest BCUT2D eigenvalue weighted by atomic mass is 16.5. The van der Waals surface area contributed by atoms with Crippen LogP contribution >= 0.6 is 0 Å². The number of nitrogens with two attached hydrogens (primary N) is 1. The van der Waals surface area contributed by atoms with Gasteiger partial charge in [-0.25, -0.2) is 0 Å². The quantitative estimate of drug-likeness (QED) is 0.759. The molecule has 0 aliphatic carbocycles. The number of rotatable bonds is 2. The number of aryl methyl sites for hydroxylation is 1. The topological polar surface area (TPSA) is 75.8 Å². The fraction of sp³-hybridized carbons (Fsp3) is 0.438. The fourth-order valence-corrected chi connectivity index (χ4v) is 2.32. The average molecular weight is 288 g/mol. The van der Waals surface area contributed by atoms with Crippen LogP contribution < -0.4 is 5.73 Å². The molecule has 0 bridgehead atoms. The summed E-state index contributed by atoms with van der Waals surface area (Å²) in [5, 5.41) is 9.39. The van der Waals surface area contributed by atoms with E-state index >= 15 is 0 Å². The van der Waals surface area contributed by atoms with Gasteiger partial charge in [0, 0.05) is 12.1 Å². The lowest BCUT2D eigenvalue weighted by molar-refractivity contribution is -0.0184. The zero-order chi connectivity index (χ0) is 15.2. The van der Waals surface area contributed by atoms with Gasteiger partial charge in [-0.3, -0.25) is 4.79 Å². The molecule has 1 aliphatic heterocycles. The van der Waals surface area contributed by atoms with E-state index in [9.17, 15) is 9.90 Å². The molecule has 1 amide bonds. The molecule has 1 unspecified atom stereocenters. The van der Waals surface area contributed by atoms with Crippen LogP contribution in [0.15, 0.2) is 18.2 Å². The number of carbonyl (C=O) groups is 1. The molecule has 1 fully saturated rings. The van der Waals surface area contributed by atoms with E-state index in [1.165, 1.54) is 0 Å². The van der Waals surface area contributed by atoms with E-state index in [2.05, 4.69) is 11.8 Å². The van der Waals surface area contributed by atoms with Gasteiger partial charge in [-0.15, -0.1) is 0 Å². The van der Waals surface area contributed by atoms with Crippen LogP contribution in [0.4, 0.5) is 0 Å². The molecule has 2 rings (SSSR count). The Bertz CT molecular complexity index is 575. The van der Waals surface area contributed by atoms with Gasteiger partial charge in [-0.05, 0) is 24.6 Å². The zero-order valence-corrected chi connectivity index (χ0v) is 12.1. The molecule has 5 nitrogen and oxygen atoms in total. The van der Waals surface area contributed by atoms with Crippen LogP contribution in [0, 0.1) is 18.8 Å². The van der Waals surface area contributed by atoms with Crippen LogP contribution in [-0.2, 0) is 4.74 Å². The largest absolute Gasteiger partial charge is 0.394 e. The van der Waals surface area contributed by atoms with Crippen molar-refractivity contribution >= 4 is 5.91 Å². The first-order chi connectivity index (χ1) is 10.2.